The van der Waals surface area contributed by atoms with Crippen LogP contribution in [0, 0.1) is 0 Å². The lowest BCUT2D eigenvalue weighted by atomic mass is 10.2. The number of nitrogens with zero attached hydrogens (tertiary/aromatic N) is 1. The highest BCUT2D eigenvalue weighted by molar-refractivity contribution is 5.96. The minimum absolute atomic E-state index is 0.0162. The molecule has 14 heavy (non-hydrogen) atoms. The number of pyridine rings is 1. The molecule has 0 bridgehead atoms. The van der Waals surface area contributed by atoms with Gasteiger partial charge in [-0.05, 0) is 12.1 Å². The third-order valence-electron chi connectivity index (χ3n) is 1.63. The molecular weight excluding hydrogens is 182 g/mol. The van der Waals surface area contributed by atoms with Gasteiger partial charge in [0.25, 0.3) is 5.91 Å². The van der Waals surface area contributed by atoms with Gasteiger partial charge in [0.1, 0.15) is 0 Å². The Morgan fingerprint density at radius 1 is 1.36 bits per heavy atom. The molecule has 5 heteroatoms. The second-order valence-electron chi connectivity index (χ2n) is 2.59. The molecule has 1 heterocycles. The highest BCUT2D eigenvalue weighted by atomic mass is 16.2. The Morgan fingerprint density at radius 3 is 2.57 bits per heavy atom. The van der Waals surface area contributed by atoms with Crippen molar-refractivity contribution in [1.82, 2.24) is 15.6 Å². The summed E-state index contributed by atoms with van der Waals surface area (Å²) in [5.41, 5.74) is 0.490. The van der Waals surface area contributed by atoms with Gasteiger partial charge in [0.2, 0.25) is 5.91 Å². The molecule has 0 saturated heterocycles. The summed E-state index contributed by atoms with van der Waals surface area (Å²) in [6, 6.07) is 3.17. The van der Waals surface area contributed by atoms with Gasteiger partial charge in [-0.15, -0.1) is 0 Å². The molecule has 0 saturated carbocycles. The lowest BCUT2D eigenvalue weighted by Crippen LogP contribution is -2.35. The third-order valence-corrected chi connectivity index (χ3v) is 1.63. The van der Waals surface area contributed by atoms with Crippen LogP contribution in [0.5, 0.6) is 0 Å². The van der Waals surface area contributed by atoms with E-state index in [-0.39, 0.29) is 18.4 Å². The van der Waals surface area contributed by atoms with E-state index in [9.17, 15) is 9.59 Å². The molecular formula is C9H11N3O2. The van der Waals surface area contributed by atoms with Crippen LogP contribution in [0.4, 0.5) is 0 Å². The van der Waals surface area contributed by atoms with E-state index in [4.69, 9.17) is 0 Å². The Labute approximate surface area is 81.5 Å². The second-order valence-corrected chi connectivity index (χ2v) is 2.59. The molecule has 0 radical (unpaired) electrons. The second kappa shape index (κ2) is 4.96. The van der Waals surface area contributed by atoms with Gasteiger partial charge in [0.05, 0.1) is 6.54 Å². The van der Waals surface area contributed by atoms with Crippen molar-refractivity contribution in [2.45, 2.75) is 0 Å². The number of hydrogen-bond acceptors (Lipinski definition) is 3. The lowest BCUT2D eigenvalue weighted by molar-refractivity contribution is -0.119. The largest absolute Gasteiger partial charge is 0.358 e. The quantitative estimate of drug-likeness (QED) is 0.683. The van der Waals surface area contributed by atoms with Gasteiger partial charge in [0, 0.05) is 25.0 Å². The average Bonchev–Trinajstić information content (AvgIpc) is 2.26. The smallest absolute Gasteiger partial charge is 0.251 e. The number of carbonyl (C=O) groups excluding carboxylic acids is 2. The number of nitrogens with one attached hydrogen (secondary N) is 2. The Kier molecular flexibility index (Phi) is 3.60. The molecule has 0 aliphatic heterocycles. The number of likely N-dealkylation sites (N-methyl/N-ethyl adjacent to an activating group) is 1. The molecule has 2 N–H and O–H groups in total. The van der Waals surface area contributed by atoms with E-state index in [2.05, 4.69) is 15.6 Å². The Morgan fingerprint density at radius 2 is 2.00 bits per heavy atom. The molecule has 0 atom stereocenters. The van der Waals surface area contributed by atoms with Gasteiger partial charge in [-0.3, -0.25) is 14.6 Å². The molecule has 0 spiro atoms. The monoisotopic (exact) mass is 193 g/mol. The Balaban J connectivity index is 2.48. The minimum atomic E-state index is -0.281. The molecule has 0 unspecified atom stereocenters. The standard InChI is InChI=1S/C9H11N3O2/c1-10-8(13)6-12-9(14)7-2-4-11-5-3-7/h2-5H,6H2,1H3,(H,10,13)(H,12,14). The summed E-state index contributed by atoms with van der Waals surface area (Å²) in [5, 5.41) is 4.88. The maximum absolute atomic E-state index is 11.3. The molecule has 0 aliphatic rings. The van der Waals surface area contributed by atoms with Crippen LogP contribution in [-0.2, 0) is 4.79 Å². The van der Waals surface area contributed by atoms with E-state index in [1.54, 1.807) is 12.1 Å². The number of hydrogen-bond donors (Lipinski definition) is 2. The van der Waals surface area contributed by atoms with E-state index < -0.39 is 0 Å². The van der Waals surface area contributed by atoms with Crippen LogP contribution in [0.1, 0.15) is 10.4 Å². The summed E-state index contributed by atoms with van der Waals surface area (Å²) in [5.74, 6) is -0.511. The van der Waals surface area contributed by atoms with Crippen molar-refractivity contribution in [3.63, 3.8) is 0 Å². The van der Waals surface area contributed by atoms with Crippen LogP contribution < -0.4 is 10.6 Å². The molecule has 0 fully saturated rings. The van der Waals surface area contributed by atoms with Crippen LogP contribution in [0.2, 0.25) is 0 Å². The fourth-order valence-electron chi connectivity index (χ4n) is 0.854. The molecule has 5 nitrogen and oxygen atoms in total. The van der Waals surface area contributed by atoms with E-state index in [0.717, 1.165) is 0 Å². The van der Waals surface area contributed by atoms with Crippen LogP contribution in [0.15, 0.2) is 24.5 Å². The normalized spacial score (nSPS) is 9.21. The summed E-state index contributed by atoms with van der Waals surface area (Å²) in [7, 11) is 1.51. The molecule has 1 rings (SSSR count). The number of rotatable bonds is 3. The topological polar surface area (TPSA) is 71.1 Å². The summed E-state index contributed by atoms with van der Waals surface area (Å²) in [6.07, 6.45) is 3.05. The molecule has 74 valence electrons. The number of carbonyl (C=O) groups is 2. The van der Waals surface area contributed by atoms with Crippen molar-refractivity contribution in [3.05, 3.63) is 30.1 Å². The van der Waals surface area contributed by atoms with E-state index >= 15 is 0 Å². The maximum atomic E-state index is 11.3. The summed E-state index contributed by atoms with van der Waals surface area (Å²) < 4.78 is 0. The molecule has 2 amide bonds. The van der Waals surface area contributed by atoms with Crippen molar-refractivity contribution in [2.24, 2.45) is 0 Å². The summed E-state index contributed by atoms with van der Waals surface area (Å²) in [6.45, 7) is -0.0162. The Hall–Kier alpha value is -1.91. The molecule has 1 aromatic rings. The van der Waals surface area contributed by atoms with Crippen molar-refractivity contribution in [2.75, 3.05) is 13.6 Å². The fraction of sp³-hybridized carbons (Fsp3) is 0.222. The highest BCUT2D eigenvalue weighted by Gasteiger charge is 2.05. The maximum Gasteiger partial charge on any atom is 0.251 e. The van der Waals surface area contributed by atoms with Gasteiger partial charge in [0.15, 0.2) is 0 Å². The SMILES string of the molecule is CNC(=O)CNC(=O)c1ccncc1. The third kappa shape index (κ3) is 2.85. The Bertz CT molecular complexity index is 324. The number of aromatic nitrogens is 1. The van der Waals surface area contributed by atoms with Gasteiger partial charge in [-0.25, -0.2) is 0 Å². The first kappa shape index (κ1) is 10.2. The molecule has 1 aromatic heterocycles. The summed E-state index contributed by atoms with van der Waals surface area (Å²) >= 11 is 0. The van der Waals surface area contributed by atoms with Gasteiger partial charge < -0.3 is 10.6 Å². The zero-order valence-electron chi connectivity index (χ0n) is 7.78. The van der Waals surface area contributed by atoms with Crippen molar-refractivity contribution in [1.29, 1.82) is 0 Å². The van der Waals surface area contributed by atoms with Crippen LogP contribution in [-0.4, -0.2) is 30.4 Å². The lowest BCUT2D eigenvalue weighted by Gasteiger charge is -2.03. The first-order valence-corrected chi connectivity index (χ1v) is 4.13. The van der Waals surface area contributed by atoms with Crippen molar-refractivity contribution < 1.29 is 9.59 Å². The van der Waals surface area contributed by atoms with E-state index in [1.165, 1.54) is 19.4 Å². The predicted octanol–water partition coefficient (Wildman–Crippen LogP) is -0.443. The van der Waals surface area contributed by atoms with Crippen LogP contribution >= 0.6 is 0 Å². The van der Waals surface area contributed by atoms with Crippen LogP contribution in [0.3, 0.4) is 0 Å². The first-order chi connectivity index (χ1) is 6.74. The van der Waals surface area contributed by atoms with Gasteiger partial charge in [-0.1, -0.05) is 0 Å². The van der Waals surface area contributed by atoms with Gasteiger partial charge in [-0.2, -0.15) is 0 Å². The fourth-order valence-corrected chi connectivity index (χ4v) is 0.854. The molecule has 0 aromatic carbocycles. The zero-order valence-corrected chi connectivity index (χ0v) is 7.78. The van der Waals surface area contributed by atoms with Crippen LogP contribution in [0.25, 0.3) is 0 Å². The van der Waals surface area contributed by atoms with Gasteiger partial charge >= 0.3 is 0 Å². The molecule has 0 aliphatic carbocycles. The van der Waals surface area contributed by atoms with E-state index in [1.807, 2.05) is 0 Å². The van der Waals surface area contributed by atoms with Crippen molar-refractivity contribution >= 4 is 11.8 Å². The zero-order chi connectivity index (χ0) is 10.4. The highest BCUT2D eigenvalue weighted by Crippen LogP contribution is 1.94. The predicted molar refractivity (Wildman–Crippen MR) is 50.6 cm³/mol. The number of amides is 2. The minimum Gasteiger partial charge on any atom is -0.358 e. The van der Waals surface area contributed by atoms with E-state index in [0.29, 0.717) is 5.56 Å². The van der Waals surface area contributed by atoms with Crippen molar-refractivity contribution in [3.8, 4) is 0 Å². The summed E-state index contributed by atoms with van der Waals surface area (Å²) in [4.78, 5) is 25.9. The first-order valence-electron chi connectivity index (χ1n) is 4.13. The average molecular weight is 193 g/mol.